The lowest BCUT2D eigenvalue weighted by Crippen LogP contribution is -2.43. The highest BCUT2D eigenvalue weighted by Gasteiger charge is 2.23. The summed E-state index contributed by atoms with van der Waals surface area (Å²) >= 11 is 0. The molecule has 0 saturated heterocycles. The molecule has 8 heteroatoms. The van der Waals surface area contributed by atoms with Gasteiger partial charge in [0.2, 0.25) is 5.95 Å². The fourth-order valence-corrected chi connectivity index (χ4v) is 3.69. The van der Waals surface area contributed by atoms with Gasteiger partial charge >= 0.3 is 0 Å². The van der Waals surface area contributed by atoms with Gasteiger partial charge < -0.3 is 20.6 Å². The third-order valence-electron chi connectivity index (χ3n) is 5.39. The fraction of sp³-hybridized carbons (Fsp3) is 0.583. The molecule has 1 atom stereocenters. The second kappa shape index (κ2) is 16.2. The van der Waals surface area contributed by atoms with E-state index in [1.54, 1.807) is 18.3 Å². The van der Waals surface area contributed by atoms with Gasteiger partial charge in [0.1, 0.15) is 5.83 Å². The van der Waals surface area contributed by atoms with Crippen LogP contribution in [0.25, 0.3) is 0 Å². The Morgan fingerprint density at radius 3 is 2.53 bits per heavy atom. The van der Waals surface area contributed by atoms with E-state index in [1.165, 1.54) is 19.3 Å². The van der Waals surface area contributed by atoms with E-state index < -0.39 is 5.83 Å². The number of nitrogens with one attached hydrogen (secondary N) is 3. The normalized spacial score (nSPS) is 14.5. The minimum Gasteiger partial charge on any atom is -0.396 e. The van der Waals surface area contributed by atoms with E-state index in [1.807, 2.05) is 7.05 Å². The minimum absolute atomic E-state index is 0.0647. The number of nitrogens with zero attached hydrogens (tertiary/aromatic N) is 3. The average Bonchev–Trinajstić information content (AvgIpc) is 2.81. The Kier molecular flexibility index (Phi) is 14.0. The molecule has 1 saturated carbocycles. The van der Waals surface area contributed by atoms with Crippen molar-refractivity contribution in [2.75, 3.05) is 42.4 Å². The first-order valence-electron chi connectivity index (χ1n) is 11.5. The number of aliphatic hydroxyl groups is 1. The molecule has 180 valence electrons. The van der Waals surface area contributed by atoms with Crippen LogP contribution in [0.1, 0.15) is 51.9 Å². The van der Waals surface area contributed by atoms with Gasteiger partial charge in [-0.1, -0.05) is 58.1 Å². The van der Waals surface area contributed by atoms with Gasteiger partial charge in [-0.2, -0.15) is 4.98 Å². The summed E-state index contributed by atoms with van der Waals surface area (Å²) < 4.78 is 13.1. The van der Waals surface area contributed by atoms with Gasteiger partial charge in [-0.15, -0.1) is 0 Å². The second-order valence-corrected chi connectivity index (χ2v) is 7.78. The average molecular weight is 449 g/mol. The Hall–Kier alpha value is -2.45. The molecule has 7 nitrogen and oxygen atoms in total. The van der Waals surface area contributed by atoms with Crippen molar-refractivity contribution < 1.29 is 9.50 Å². The van der Waals surface area contributed by atoms with Gasteiger partial charge in [0.15, 0.2) is 5.82 Å². The summed E-state index contributed by atoms with van der Waals surface area (Å²) in [7, 11) is 1.83. The Bertz CT molecular complexity index is 687. The van der Waals surface area contributed by atoms with Crippen LogP contribution in [0.5, 0.6) is 0 Å². The van der Waals surface area contributed by atoms with E-state index in [0.717, 1.165) is 30.8 Å². The predicted molar refractivity (Wildman–Crippen MR) is 134 cm³/mol. The summed E-state index contributed by atoms with van der Waals surface area (Å²) in [5.74, 6) is 0.944. The Balaban J connectivity index is 0.00000118. The predicted octanol–water partition coefficient (Wildman–Crippen LogP) is 4.62. The largest absolute Gasteiger partial charge is 0.396 e. The monoisotopic (exact) mass is 448 g/mol. The molecule has 0 spiro atoms. The number of hydrogen-bond acceptors (Lipinski definition) is 7. The summed E-state index contributed by atoms with van der Waals surface area (Å²) in [6.07, 6.45) is 12.5. The maximum atomic E-state index is 13.1. The molecule has 1 heterocycles. The summed E-state index contributed by atoms with van der Waals surface area (Å²) in [5, 5.41) is 19.2. The summed E-state index contributed by atoms with van der Waals surface area (Å²) in [6.45, 7) is 12.7. The Morgan fingerprint density at radius 1 is 1.31 bits per heavy atom. The van der Waals surface area contributed by atoms with Crippen LogP contribution >= 0.6 is 0 Å². The topological polar surface area (TPSA) is 85.3 Å². The van der Waals surface area contributed by atoms with Crippen LogP contribution in [0.2, 0.25) is 0 Å². The first-order chi connectivity index (χ1) is 15.5. The summed E-state index contributed by atoms with van der Waals surface area (Å²) in [6, 6.07) is 0.470. The highest BCUT2D eigenvalue weighted by atomic mass is 19.1. The van der Waals surface area contributed by atoms with Gasteiger partial charge in [-0.25, -0.2) is 9.37 Å². The van der Waals surface area contributed by atoms with Crippen molar-refractivity contribution in [3.05, 3.63) is 43.9 Å². The van der Waals surface area contributed by atoms with Crippen molar-refractivity contribution in [3.63, 3.8) is 0 Å². The molecule has 0 aromatic carbocycles. The van der Waals surface area contributed by atoms with Crippen molar-refractivity contribution in [2.45, 2.75) is 64.0 Å². The number of aliphatic hydroxyl groups excluding tert-OH is 1. The highest BCUT2D eigenvalue weighted by molar-refractivity contribution is 5.66. The molecule has 1 aliphatic rings. The molecule has 1 aromatic heterocycles. The van der Waals surface area contributed by atoms with Gasteiger partial charge in [-0.05, 0) is 25.7 Å². The quantitative estimate of drug-likeness (QED) is 0.259. The van der Waals surface area contributed by atoms with Crippen molar-refractivity contribution in [1.29, 1.82) is 0 Å². The van der Waals surface area contributed by atoms with Crippen LogP contribution in [0, 0.1) is 0 Å². The molecule has 1 unspecified atom stereocenters. The second-order valence-electron chi connectivity index (χ2n) is 7.78. The van der Waals surface area contributed by atoms with Crippen molar-refractivity contribution >= 4 is 17.5 Å². The third-order valence-corrected chi connectivity index (χ3v) is 5.39. The SMILES string of the molecule is C=C(F)CNCN(c1nc(NC2CCCCC2)ncc1NC)C(CC)CCO.C=CC=C. The number of aromatic nitrogens is 2. The molecule has 32 heavy (non-hydrogen) atoms. The van der Waals surface area contributed by atoms with Gasteiger partial charge in [0, 0.05) is 32.3 Å². The van der Waals surface area contributed by atoms with E-state index in [-0.39, 0.29) is 19.2 Å². The number of rotatable bonds is 13. The van der Waals surface area contributed by atoms with E-state index in [2.05, 4.69) is 52.5 Å². The zero-order chi connectivity index (χ0) is 23.8. The van der Waals surface area contributed by atoms with E-state index in [4.69, 9.17) is 4.98 Å². The third kappa shape index (κ3) is 9.78. The van der Waals surface area contributed by atoms with Crippen LogP contribution in [0.4, 0.5) is 21.8 Å². The van der Waals surface area contributed by atoms with E-state index in [9.17, 15) is 9.50 Å². The molecular weight excluding hydrogens is 407 g/mol. The molecule has 1 aliphatic carbocycles. The number of halogens is 1. The van der Waals surface area contributed by atoms with Gasteiger partial charge in [-0.3, -0.25) is 5.32 Å². The minimum atomic E-state index is -0.411. The first kappa shape index (κ1) is 27.6. The zero-order valence-corrected chi connectivity index (χ0v) is 19.7. The Morgan fingerprint density at radius 2 is 2.00 bits per heavy atom. The maximum absolute atomic E-state index is 13.1. The lowest BCUT2D eigenvalue weighted by molar-refractivity contribution is 0.270. The molecule has 0 aliphatic heterocycles. The zero-order valence-electron chi connectivity index (χ0n) is 19.7. The molecule has 4 N–H and O–H groups in total. The van der Waals surface area contributed by atoms with Gasteiger partial charge in [0.25, 0.3) is 0 Å². The molecule has 0 radical (unpaired) electrons. The smallest absolute Gasteiger partial charge is 0.224 e. The van der Waals surface area contributed by atoms with E-state index in [0.29, 0.717) is 25.1 Å². The molecule has 1 fully saturated rings. The molecule has 1 aromatic rings. The summed E-state index contributed by atoms with van der Waals surface area (Å²) in [5.41, 5.74) is 0.798. The first-order valence-corrected chi connectivity index (χ1v) is 11.5. The lowest BCUT2D eigenvalue weighted by atomic mass is 9.96. The summed E-state index contributed by atoms with van der Waals surface area (Å²) in [4.78, 5) is 11.3. The number of anilines is 3. The van der Waals surface area contributed by atoms with Crippen LogP contribution in [-0.2, 0) is 0 Å². The van der Waals surface area contributed by atoms with Crippen LogP contribution < -0.4 is 20.9 Å². The standard InChI is InChI=1S/C20H35FN6O.C4H6/c1-4-17(10-11-28)27(14-23-12-15(2)21)19-18(22-3)13-24-20(26-19)25-16-8-6-5-7-9-16;1-3-4-2/h13,16-17,22-23,28H,2,4-12,14H2,1,3H3,(H,24,25,26);3-4H,1-2H2. The van der Waals surface area contributed by atoms with Crippen molar-refractivity contribution in [2.24, 2.45) is 0 Å². The van der Waals surface area contributed by atoms with Crippen molar-refractivity contribution in [3.8, 4) is 0 Å². The number of hydrogen-bond donors (Lipinski definition) is 4. The van der Waals surface area contributed by atoms with E-state index >= 15 is 0 Å². The molecule has 0 bridgehead atoms. The van der Waals surface area contributed by atoms with Crippen LogP contribution in [0.3, 0.4) is 0 Å². The fourth-order valence-electron chi connectivity index (χ4n) is 3.69. The van der Waals surface area contributed by atoms with Crippen LogP contribution in [-0.4, -0.2) is 54.0 Å². The maximum Gasteiger partial charge on any atom is 0.224 e. The van der Waals surface area contributed by atoms with Crippen LogP contribution in [0.15, 0.2) is 43.9 Å². The van der Waals surface area contributed by atoms with Gasteiger partial charge in [0.05, 0.1) is 18.6 Å². The molecular formula is C24H41FN6O. The number of allylic oxidation sites excluding steroid dienone is 2. The Labute approximate surface area is 192 Å². The lowest BCUT2D eigenvalue weighted by Gasteiger charge is -2.33. The molecule has 0 amide bonds. The molecule has 2 rings (SSSR count). The van der Waals surface area contributed by atoms with Crippen molar-refractivity contribution in [1.82, 2.24) is 15.3 Å². The highest BCUT2D eigenvalue weighted by Crippen LogP contribution is 2.28.